The summed E-state index contributed by atoms with van der Waals surface area (Å²) in [5, 5.41) is 0. The molecule has 0 heterocycles. The van der Waals surface area contributed by atoms with E-state index >= 15 is 0 Å². The number of benzene rings is 2. The number of rotatable bonds is 7. The van der Waals surface area contributed by atoms with Gasteiger partial charge in [0.25, 0.3) is 0 Å². The Hall–Kier alpha value is -2.62. The molecule has 0 amide bonds. The highest BCUT2D eigenvalue weighted by atomic mass is 16.5. The van der Waals surface area contributed by atoms with Gasteiger partial charge >= 0.3 is 5.97 Å². The van der Waals surface area contributed by atoms with Gasteiger partial charge in [-0.05, 0) is 31.5 Å². The Balaban J connectivity index is 2.04. The summed E-state index contributed by atoms with van der Waals surface area (Å²) in [5.74, 6) is -1.00. The summed E-state index contributed by atoms with van der Waals surface area (Å²) in [6.07, 6.45) is 0. The molecule has 0 bridgehead atoms. The summed E-state index contributed by atoms with van der Waals surface area (Å²) in [5.41, 5.74) is 1.49. The summed E-state index contributed by atoms with van der Waals surface area (Å²) >= 11 is 0. The summed E-state index contributed by atoms with van der Waals surface area (Å²) in [4.78, 5) is 24.0. The Morgan fingerprint density at radius 1 is 1.04 bits per heavy atom. The fraction of sp³-hybridized carbons (Fsp3) is 0.263. The van der Waals surface area contributed by atoms with Gasteiger partial charge < -0.3 is 9.47 Å². The van der Waals surface area contributed by atoms with E-state index in [-0.39, 0.29) is 12.4 Å². The lowest BCUT2D eigenvalue weighted by atomic mass is 9.99. The Morgan fingerprint density at radius 2 is 1.78 bits per heavy atom. The number of ketones is 1. The number of carbonyl (C=O) groups is 2. The maximum absolute atomic E-state index is 12.3. The lowest BCUT2D eigenvalue weighted by molar-refractivity contribution is -0.145. The van der Waals surface area contributed by atoms with Crippen molar-refractivity contribution in [1.82, 2.24) is 0 Å². The molecule has 4 heteroatoms. The van der Waals surface area contributed by atoms with Crippen molar-refractivity contribution in [3.8, 4) is 5.75 Å². The van der Waals surface area contributed by atoms with Crippen LogP contribution in [0.15, 0.2) is 54.6 Å². The first-order valence-corrected chi connectivity index (χ1v) is 7.59. The second kappa shape index (κ2) is 8.13. The fourth-order valence-electron chi connectivity index (χ4n) is 2.10. The Kier molecular flexibility index (Phi) is 5.92. The molecule has 0 fully saturated rings. The summed E-state index contributed by atoms with van der Waals surface area (Å²) in [6, 6.07) is 16.6. The Morgan fingerprint density at radius 3 is 2.48 bits per heavy atom. The molecule has 0 spiro atoms. The molecule has 4 nitrogen and oxygen atoms in total. The predicted molar refractivity (Wildman–Crippen MR) is 87.3 cm³/mol. The topological polar surface area (TPSA) is 52.6 Å². The molecule has 0 aliphatic carbocycles. The lowest BCUT2D eigenvalue weighted by Crippen LogP contribution is -2.23. The van der Waals surface area contributed by atoms with Gasteiger partial charge in [-0.2, -0.15) is 0 Å². The number of hydrogen-bond acceptors (Lipinski definition) is 4. The highest BCUT2D eigenvalue weighted by Gasteiger charge is 2.24. The van der Waals surface area contributed by atoms with Crippen molar-refractivity contribution in [3.05, 3.63) is 65.7 Å². The van der Waals surface area contributed by atoms with Gasteiger partial charge in [-0.1, -0.05) is 42.5 Å². The van der Waals surface area contributed by atoms with Gasteiger partial charge in [0.2, 0.25) is 0 Å². The number of Topliss-reactive ketones (excluding diaryl/α,β-unsaturated/α-hetero) is 1. The lowest BCUT2D eigenvalue weighted by Gasteiger charge is -2.11. The van der Waals surface area contributed by atoms with Crippen molar-refractivity contribution in [1.29, 1.82) is 0 Å². The van der Waals surface area contributed by atoms with E-state index in [0.717, 1.165) is 5.56 Å². The molecule has 2 aromatic rings. The van der Waals surface area contributed by atoms with Crippen LogP contribution in [0.25, 0.3) is 0 Å². The number of carbonyl (C=O) groups excluding carboxylic acids is 2. The van der Waals surface area contributed by atoms with Gasteiger partial charge in [0.15, 0.2) is 5.78 Å². The monoisotopic (exact) mass is 312 g/mol. The third kappa shape index (κ3) is 4.68. The van der Waals surface area contributed by atoms with Gasteiger partial charge in [-0.3, -0.25) is 9.59 Å². The normalized spacial score (nSPS) is 11.6. The van der Waals surface area contributed by atoms with Crippen molar-refractivity contribution >= 4 is 11.8 Å². The molecule has 0 aliphatic heterocycles. The smallest absolute Gasteiger partial charge is 0.316 e. The minimum Gasteiger partial charge on any atom is -0.489 e. The minimum atomic E-state index is -0.820. The standard InChI is InChI=1S/C19H20O4/c1-3-22-19(21)14(2)18(20)16-10-7-11-17(12-16)23-13-15-8-5-4-6-9-15/h4-12,14H,3,13H2,1-2H3. The van der Waals surface area contributed by atoms with Crippen LogP contribution in [0.5, 0.6) is 5.75 Å². The SMILES string of the molecule is CCOC(=O)C(C)C(=O)c1cccc(OCc2ccccc2)c1. The molecule has 0 radical (unpaired) electrons. The van der Waals surface area contributed by atoms with E-state index in [4.69, 9.17) is 9.47 Å². The van der Waals surface area contributed by atoms with E-state index in [9.17, 15) is 9.59 Å². The van der Waals surface area contributed by atoms with E-state index in [2.05, 4.69) is 0 Å². The van der Waals surface area contributed by atoms with Crippen molar-refractivity contribution in [2.24, 2.45) is 5.92 Å². The maximum Gasteiger partial charge on any atom is 0.316 e. The van der Waals surface area contributed by atoms with Gasteiger partial charge in [0, 0.05) is 5.56 Å². The van der Waals surface area contributed by atoms with Crippen LogP contribution in [-0.4, -0.2) is 18.4 Å². The number of esters is 1. The first kappa shape index (κ1) is 16.7. The highest BCUT2D eigenvalue weighted by Crippen LogP contribution is 2.18. The van der Waals surface area contributed by atoms with Gasteiger partial charge in [-0.15, -0.1) is 0 Å². The van der Waals surface area contributed by atoms with Gasteiger partial charge in [0.05, 0.1) is 6.61 Å². The average Bonchev–Trinajstić information content (AvgIpc) is 2.60. The summed E-state index contributed by atoms with van der Waals surface area (Å²) < 4.78 is 10.6. The molecular formula is C19H20O4. The zero-order valence-corrected chi connectivity index (χ0v) is 13.3. The second-order valence-electron chi connectivity index (χ2n) is 5.14. The van der Waals surface area contributed by atoms with Crippen molar-refractivity contribution in [2.45, 2.75) is 20.5 Å². The quantitative estimate of drug-likeness (QED) is 0.445. The van der Waals surface area contributed by atoms with Crippen LogP contribution in [0, 0.1) is 5.92 Å². The summed E-state index contributed by atoms with van der Waals surface area (Å²) in [6.45, 7) is 3.95. The fourth-order valence-corrected chi connectivity index (χ4v) is 2.10. The van der Waals surface area contributed by atoms with Crippen LogP contribution in [0.4, 0.5) is 0 Å². The van der Waals surface area contributed by atoms with Gasteiger partial charge in [-0.25, -0.2) is 0 Å². The van der Waals surface area contributed by atoms with Crippen molar-refractivity contribution < 1.29 is 19.1 Å². The number of hydrogen-bond donors (Lipinski definition) is 0. The first-order chi connectivity index (χ1) is 11.1. The largest absolute Gasteiger partial charge is 0.489 e. The van der Waals surface area contributed by atoms with E-state index in [1.807, 2.05) is 30.3 Å². The van der Waals surface area contributed by atoms with E-state index < -0.39 is 11.9 Å². The van der Waals surface area contributed by atoms with Crippen LogP contribution in [0.1, 0.15) is 29.8 Å². The van der Waals surface area contributed by atoms with Crippen LogP contribution in [0.2, 0.25) is 0 Å². The van der Waals surface area contributed by atoms with E-state index in [1.54, 1.807) is 38.1 Å². The maximum atomic E-state index is 12.3. The molecule has 0 N–H and O–H groups in total. The van der Waals surface area contributed by atoms with Crippen LogP contribution < -0.4 is 4.74 Å². The Labute approximate surface area is 136 Å². The van der Waals surface area contributed by atoms with E-state index in [1.165, 1.54) is 0 Å². The highest BCUT2D eigenvalue weighted by molar-refractivity contribution is 6.08. The average molecular weight is 312 g/mol. The van der Waals surface area contributed by atoms with Crippen molar-refractivity contribution in [3.63, 3.8) is 0 Å². The van der Waals surface area contributed by atoms with E-state index in [0.29, 0.717) is 17.9 Å². The molecule has 0 saturated carbocycles. The molecule has 0 aromatic heterocycles. The van der Waals surface area contributed by atoms with Crippen molar-refractivity contribution in [2.75, 3.05) is 6.61 Å². The molecular weight excluding hydrogens is 292 g/mol. The zero-order chi connectivity index (χ0) is 16.7. The third-order valence-corrected chi connectivity index (χ3v) is 3.40. The third-order valence-electron chi connectivity index (χ3n) is 3.40. The minimum absolute atomic E-state index is 0.261. The molecule has 1 unspecified atom stereocenters. The second-order valence-corrected chi connectivity index (χ2v) is 5.14. The van der Waals surface area contributed by atoms with Crippen LogP contribution in [-0.2, 0) is 16.1 Å². The number of ether oxygens (including phenoxy) is 2. The molecule has 1 atom stereocenters. The molecule has 0 aliphatic rings. The van der Waals surface area contributed by atoms with Crippen LogP contribution >= 0.6 is 0 Å². The molecule has 0 saturated heterocycles. The Bertz CT molecular complexity index is 664. The van der Waals surface area contributed by atoms with Gasteiger partial charge in [0.1, 0.15) is 18.3 Å². The summed E-state index contributed by atoms with van der Waals surface area (Å²) in [7, 11) is 0. The van der Waals surface area contributed by atoms with Crippen LogP contribution in [0.3, 0.4) is 0 Å². The molecule has 2 aromatic carbocycles. The predicted octanol–water partition coefficient (Wildman–Crippen LogP) is 3.65. The zero-order valence-electron chi connectivity index (χ0n) is 13.3. The first-order valence-electron chi connectivity index (χ1n) is 7.59. The molecule has 120 valence electrons. The molecule has 23 heavy (non-hydrogen) atoms. The molecule has 2 rings (SSSR count).